The van der Waals surface area contributed by atoms with E-state index in [4.69, 9.17) is 14.5 Å². The van der Waals surface area contributed by atoms with Crippen LogP contribution in [-0.2, 0) is 13.8 Å². The smallest absolute Gasteiger partial charge is 0.394 e. The number of para-hydroxylation sites is 1. The lowest BCUT2D eigenvalue weighted by Gasteiger charge is -2.16. The standard InChI is InChI=1S/C17H23N4O7P/c22-11-14-13(28-29(24,25)26)10-16(27-14)21-9-6-15(20-17(21)23)19-8-7-18-12-4-2-1-3-5-12/h1-6,9,13-14,16,18,22H,7-8,10-11H2,(H,19,20,23)(H2,24,25,26)/t13-,14+,16+/m0/s1. The third-order valence-electron chi connectivity index (χ3n) is 4.31. The van der Waals surface area contributed by atoms with Crippen LogP contribution in [0.5, 0.6) is 0 Å². The van der Waals surface area contributed by atoms with Crippen molar-refractivity contribution in [3.05, 3.63) is 53.1 Å². The van der Waals surface area contributed by atoms with Crippen molar-refractivity contribution < 1.29 is 28.7 Å². The predicted octanol–water partition coefficient (Wildman–Crippen LogP) is 0.525. The zero-order chi connectivity index (χ0) is 20.9. The number of aliphatic hydroxyl groups is 1. The molecule has 0 saturated carbocycles. The van der Waals surface area contributed by atoms with Gasteiger partial charge in [0.15, 0.2) is 0 Å². The van der Waals surface area contributed by atoms with E-state index in [0.717, 1.165) is 5.69 Å². The maximum Gasteiger partial charge on any atom is 0.469 e. The summed E-state index contributed by atoms with van der Waals surface area (Å²) in [5.41, 5.74) is 0.395. The Balaban J connectivity index is 1.56. The van der Waals surface area contributed by atoms with Gasteiger partial charge in [0, 0.05) is 31.4 Å². The third kappa shape index (κ3) is 6.10. The SMILES string of the molecule is O=c1nc(NCCNc2ccccc2)ccn1[C@H]1C[C@H](OP(=O)(O)O)[C@@H](CO)O1. The summed E-state index contributed by atoms with van der Waals surface area (Å²) in [6, 6.07) is 11.3. The summed E-state index contributed by atoms with van der Waals surface area (Å²) in [4.78, 5) is 34.2. The van der Waals surface area contributed by atoms with Crippen molar-refractivity contribution in [2.45, 2.75) is 24.9 Å². The van der Waals surface area contributed by atoms with E-state index in [9.17, 15) is 14.5 Å². The monoisotopic (exact) mass is 426 g/mol. The van der Waals surface area contributed by atoms with E-state index in [1.54, 1.807) is 6.07 Å². The minimum absolute atomic E-state index is 0.00824. The van der Waals surface area contributed by atoms with Crippen LogP contribution in [0.2, 0.25) is 0 Å². The van der Waals surface area contributed by atoms with Crippen LogP contribution in [0.1, 0.15) is 12.6 Å². The first-order valence-corrected chi connectivity index (χ1v) is 10.5. The molecule has 2 heterocycles. The molecular weight excluding hydrogens is 403 g/mol. The van der Waals surface area contributed by atoms with Gasteiger partial charge in [-0.15, -0.1) is 0 Å². The minimum Gasteiger partial charge on any atom is -0.394 e. The van der Waals surface area contributed by atoms with Gasteiger partial charge < -0.3 is 30.3 Å². The van der Waals surface area contributed by atoms with Gasteiger partial charge in [0.25, 0.3) is 0 Å². The summed E-state index contributed by atoms with van der Waals surface area (Å²) >= 11 is 0. The van der Waals surface area contributed by atoms with E-state index in [1.807, 2.05) is 30.3 Å². The minimum atomic E-state index is -4.75. The Morgan fingerprint density at radius 3 is 2.59 bits per heavy atom. The molecule has 0 bridgehead atoms. The average Bonchev–Trinajstić information content (AvgIpc) is 3.07. The molecule has 0 unspecified atom stereocenters. The van der Waals surface area contributed by atoms with Gasteiger partial charge in [0.05, 0.1) is 6.61 Å². The molecule has 3 atom stereocenters. The van der Waals surface area contributed by atoms with Gasteiger partial charge in [-0.25, -0.2) is 9.36 Å². The van der Waals surface area contributed by atoms with E-state index in [1.165, 1.54) is 10.8 Å². The highest BCUT2D eigenvalue weighted by molar-refractivity contribution is 7.46. The zero-order valence-corrected chi connectivity index (χ0v) is 16.3. The molecule has 0 aliphatic carbocycles. The molecular formula is C17H23N4O7P. The molecule has 1 fully saturated rings. The van der Waals surface area contributed by atoms with Crippen LogP contribution >= 0.6 is 7.82 Å². The fourth-order valence-electron chi connectivity index (χ4n) is 3.01. The van der Waals surface area contributed by atoms with Crippen LogP contribution in [0, 0.1) is 0 Å². The Morgan fingerprint density at radius 1 is 1.21 bits per heavy atom. The van der Waals surface area contributed by atoms with Gasteiger partial charge in [0.2, 0.25) is 0 Å². The number of aromatic nitrogens is 2. The zero-order valence-electron chi connectivity index (χ0n) is 15.4. The number of nitrogens with zero attached hydrogens (tertiary/aromatic N) is 2. The number of rotatable bonds is 9. The average molecular weight is 426 g/mol. The lowest BCUT2D eigenvalue weighted by Crippen LogP contribution is -2.28. The number of nitrogens with one attached hydrogen (secondary N) is 2. The Hall–Kier alpha value is -2.27. The van der Waals surface area contributed by atoms with Crippen LogP contribution < -0.4 is 16.3 Å². The number of anilines is 2. The fourth-order valence-corrected chi connectivity index (χ4v) is 3.58. The largest absolute Gasteiger partial charge is 0.469 e. The topological polar surface area (TPSA) is 155 Å². The molecule has 29 heavy (non-hydrogen) atoms. The molecule has 2 aromatic rings. The van der Waals surface area contributed by atoms with Gasteiger partial charge >= 0.3 is 13.5 Å². The van der Waals surface area contributed by atoms with E-state index < -0.39 is 38.6 Å². The summed E-state index contributed by atoms with van der Waals surface area (Å²) in [5.74, 6) is 0.390. The first-order chi connectivity index (χ1) is 13.9. The lowest BCUT2D eigenvalue weighted by atomic mass is 10.2. The summed E-state index contributed by atoms with van der Waals surface area (Å²) < 4.78 is 22.4. The fraction of sp³-hybridized carbons (Fsp3) is 0.412. The molecule has 0 spiro atoms. The highest BCUT2D eigenvalue weighted by atomic mass is 31.2. The van der Waals surface area contributed by atoms with Crippen molar-refractivity contribution in [2.24, 2.45) is 0 Å². The van der Waals surface area contributed by atoms with Gasteiger partial charge in [-0.3, -0.25) is 9.09 Å². The number of hydrogen-bond donors (Lipinski definition) is 5. The molecule has 158 valence electrons. The van der Waals surface area contributed by atoms with Crippen LogP contribution in [0.25, 0.3) is 0 Å². The summed E-state index contributed by atoms with van der Waals surface area (Å²) in [6.07, 6.45) is -1.38. The second-order valence-electron chi connectivity index (χ2n) is 6.40. The third-order valence-corrected chi connectivity index (χ3v) is 4.85. The van der Waals surface area contributed by atoms with E-state index in [2.05, 4.69) is 20.1 Å². The Kier molecular flexibility index (Phi) is 7.01. The highest BCUT2D eigenvalue weighted by Gasteiger charge is 2.40. The molecule has 1 aromatic heterocycles. The van der Waals surface area contributed by atoms with Crippen LogP contribution in [0.3, 0.4) is 0 Å². The highest BCUT2D eigenvalue weighted by Crippen LogP contribution is 2.43. The normalized spacial score (nSPS) is 21.8. The molecule has 1 aliphatic rings. The summed E-state index contributed by atoms with van der Waals surface area (Å²) in [7, 11) is -4.75. The lowest BCUT2D eigenvalue weighted by molar-refractivity contribution is -0.0452. The molecule has 12 heteroatoms. The van der Waals surface area contributed by atoms with Crippen molar-refractivity contribution in [1.29, 1.82) is 0 Å². The first-order valence-electron chi connectivity index (χ1n) is 8.98. The van der Waals surface area contributed by atoms with Crippen LogP contribution in [-0.4, -0.2) is 56.3 Å². The van der Waals surface area contributed by atoms with E-state index >= 15 is 0 Å². The van der Waals surface area contributed by atoms with Gasteiger partial charge in [-0.2, -0.15) is 4.98 Å². The Morgan fingerprint density at radius 2 is 1.93 bits per heavy atom. The molecule has 3 rings (SSSR count). The second kappa shape index (κ2) is 9.49. The summed E-state index contributed by atoms with van der Waals surface area (Å²) in [5, 5.41) is 15.6. The first kappa shape index (κ1) is 21.4. The quantitative estimate of drug-likeness (QED) is 0.283. The van der Waals surface area contributed by atoms with Crippen molar-refractivity contribution in [2.75, 3.05) is 30.3 Å². The van der Waals surface area contributed by atoms with Crippen molar-refractivity contribution >= 4 is 19.3 Å². The molecule has 1 aromatic carbocycles. The van der Waals surface area contributed by atoms with E-state index in [-0.39, 0.29) is 6.42 Å². The van der Waals surface area contributed by atoms with Crippen LogP contribution in [0.4, 0.5) is 11.5 Å². The molecule has 1 saturated heterocycles. The van der Waals surface area contributed by atoms with Crippen LogP contribution in [0.15, 0.2) is 47.4 Å². The van der Waals surface area contributed by atoms with Gasteiger partial charge in [-0.05, 0) is 18.2 Å². The van der Waals surface area contributed by atoms with Gasteiger partial charge in [0.1, 0.15) is 24.3 Å². The molecule has 1 aliphatic heterocycles. The molecule has 11 nitrogen and oxygen atoms in total. The van der Waals surface area contributed by atoms with E-state index in [0.29, 0.717) is 18.9 Å². The van der Waals surface area contributed by atoms with Gasteiger partial charge in [-0.1, -0.05) is 18.2 Å². The number of ether oxygens (including phenoxy) is 1. The number of phosphoric ester groups is 1. The predicted molar refractivity (Wildman–Crippen MR) is 104 cm³/mol. The Labute approximate surface area is 166 Å². The number of phosphoric acid groups is 1. The number of aliphatic hydroxyl groups excluding tert-OH is 1. The molecule has 0 amide bonds. The molecule has 5 N–H and O–H groups in total. The number of hydrogen-bond acceptors (Lipinski definition) is 8. The van der Waals surface area contributed by atoms with Crippen molar-refractivity contribution in [3.63, 3.8) is 0 Å². The Bertz CT molecular complexity index is 904. The van der Waals surface area contributed by atoms with Crippen molar-refractivity contribution in [1.82, 2.24) is 9.55 Å². The molecule has 0 radical (unpaired) electrons. The maximum atomic E-state index is 12.3. The second-order valence-corrected chi connectivity index (χ2v) is 7.60. The summed E-state index contributed by atoms with van der Waals surface area (Å²) in [6.45, 7) is 0.660. The maximum absolute atomic E-state index is 12.3. The van der Waals surface area contributed by atoms with Crippen molar-refractivity contribution in [3.8, 4) is 0 Å². The number of benzene rings is 1.